The molecule has 0 bridgehead atoms. The molecule has 1 fully saturated rings. The highest BCUT2D eigenvalue weighted by Crippen LogP contribution is 2.35. The maximum absolute atomic E-state index is 12.8. The number of anilines is 1. The second-order valence-corrected chi connectivity index (χ2v) is 6.63. The minimum Gasteiger partial charge on any atom is -0.469 e. The fourth-order valence-corrected chi connectivity index (χ4v) is 3.46. The normalized spacial score (nSPS) is 16.4. The number of benzene rings is 1. The standard InChI is InChI=1S/C20H28N2O5/c1-4-18(24)22(17-8-6-5-7-9-17)20(27-16(2)23)11-14-21(15-12-20)13-10-19(25)26-3/h5-9H,4,10-15H2,1-3H3. The van der Waals surface area contributed by atoms with E-state index in [-0.39, 0.29) is 11.9 Å². The predicted octanol–water partition coefficient (Wildman–Crippen LogP) is 2.35. The van der Waals surface area contributed by atoms with Gasteiger partial charge in [0.25, 0.3) is 0 Å². The van der Waals surface area contributed by atoms with Crippen LogP contribution in [0.5, 0.6) is 0 Å². The molecule has 0 spiro atoms. The molecule has 1 aliphatic rings. The average Bonchev–Trinajstić information content (AvgIpc) is 2.67. The zero-order valence-corrected chi connectivity index (χ0v) is 16.3. The number of carbonyl (C=O) groups excluding carboxylic acids is 3. The molecule has 1 aromatic rings. The number of likely N-dealkylation sites (tertiary alicyclic amines) is 1. The van der Waals surface area contributed by atoms with Crippen molar-refractivity contribution in [2.75, 3.05) is 31.6 Å². The van der Waals surface area contributed by atoms with Crippen LogP contribution in [0.25, 0.3) is 0 Å². The molecule has 7 heteroatoms. The van der Waals surface area contributed by atoms with Crippen LogP contribution in [-0.4, -0.2) is 55.2 Å². The Morgan fingerprint density at radius 1 is 1.15 bits per heavy atom. The Kier molecular flexibility index (Phi) is 7.36. The Morgan fingerprint density at radius 3 is 2.30 bits per heavy atom. The van der Waals surface area contributed by atoms with Crippen molar-refractivity contribution in [3.8, 4) is 0 Å². The first-order chi connectivity index (χ1) is 12.9. The zero-order chi connectivity index (χ0) is 19.9. The van der Waals surface area contributed by atoms with Crippen LogP contribution in [0.2, 0.25) is 0 Å². The van der Waals surface area contributed by atoms with E-state index >= 15 is 0 Å². The number of piperidine rings is 1. The molecule has 0 aliphatic carbocycles. The van der Waals surface area contributed by atoms with Crippen molar-refractivity contribution in [3.05, 3.63) is 30.3 Å². The summed E-state index contributed by atoms with van der Waals surface area (Å²) in [6.45, 7) is 4.97. The van der Waals surface area contributed by atoms with E-state index in [2.05, 4.69) is 9.64 Å². The molecule has 0 unspecified atom stereocenters. The molecule has 2 rings (SSSR count). The van der Waals surface area contributed by atoms with Crippen molar-refractivity contribution in [2.45, 2.75) is 45.3 Å². The van der Waals surface area contributed by atoms with Gasteiger partial charge >= 0.3 is 11.9 Å². The number of amides is 1. The number of rotatable bonds is 7. The number of hydrogen-bond donors (Lipinski definition) is 0. The van der Waals surface area contributed by atoms with Crippen LogP contribution in [0.3, 0.4) is 0 Å². The molecule has 27 heavy (non-hydrogen) atoms. The molecule has 0 N–H and O–H groups in total. The summed E-state index contributed by atoms with van der Waals surface area (Å²) in [5.41, 5.74) is -0.296. The lowest BCUT2D eigenvalue weighted by molar-refractivity contribution is -0.164. The van der Waals surface area contributed by atoms with Gasteiger partial charge in [-0.1, -0.05) is 25.1 Å². The molecule has 1 saturated heterocycles. The van der Waals surface area contributed by atoms with E-state index in [9.17, 15) is 14.4 Å². The van der Waals surface area contributed by atoms with Gasteiger partial charge in [-0.2, -0.15) is 0 Å². The summed E-state index contributed by atoms with van der Waals surface area (Å²) in [7, 11) is 1.37. The first-order valence-electron chi connectivity index (χ1n) is 9.28. The Labute approximate surface area is 160 Å². The van der Waals surface area contributed by atoms with E-state index in [1.165, 1.54) is 14.0 Å². The molecule has 0 saturated carbocycles. The third-order valence-corrected chi connectivity index (χ3v) is 4.80. The summed E-state index contributed by atoms with van der Waals surface area (Å²) >= 11 is 0. The molecular formula is C20H28N2O5. The first kappa shape index (κ1) is 20.9. The fraction of sp³-hybridized carbons (Fsp3) is 0.550. The van der Waals surface area contributed by atoms with E-state index in [1.54, 1.807) is 11.8 Å². The van der Waals surface area contributed by atoms with Crippen LogP contribution in [-0.2, 0) is 23.9 Å². The fourth-order valence-electron chi connectivity index (χ4n) is 3.46. The van der Waals surface area contributed by atoms with Gasteiger partial charge in [0.05, 0.1) is 13.5 Å². The molecule has 0 aromatic heterocycles. The van der Waals surface area contributed by atoms with Crippen molar-refractivity contribution in [1.29, 1.82) is 0 Å². The quantitative estimate of drug-likeness (QED) is 0.537. The summed E-state index contributed by atoms with van der Waals surface area (Å²) in [5, 5.41) is 0. The van der Waals surface area contributed by atoms with Crippen LogP contribution in [0.4, 0.5) is 5.69 Å². The molecule has 1 aromatic carbocycles. The van der Waals surface area contributed by atoms with Crippen molar-refractivity contribution < 1.29 is 23.9 Å². The third-order valence-electron chi connectivity index (χ3n) is 4.80. The van der Waals surface area contributed by atoms with Gasteiger partial charge in [0.2, 0.25) is 5.91 Å². The summed E-state index contributed by atoms with van der Waals surface area (Å²) < 4.78 is 10.5. The molecule has 1 aliphatic heterocycles. The minimum atomic E-state index is -1.01. The van der Waals surface area contributed by atoms with Gasteiger partial charge < -0.3 is 14.4 Å². The number of methoxy groups -OCH3 is 1. The van der Waals surface area contributed by atoms with Gasteiger partial charge in [0, 0.05) is 51.5 Å². The smallest absolute Gasteiger partial charge is 0.306 e. The predicted molar refractivity (Wildman–Crippen MR) is 101 cm³/mol. The van der Waals surface area contributed by atoms with E-state index in [0.717, 1.165) is 0 Å². The molecule has 1 amide bonds. The van der Waals surface area contributed by atoms with Gasteiger partial charge in [-0.25, -0.2) is 0 Å². The number of hydrogen-bond acceptors (Lipinski definition) is 6. The van der Waals surface area contributed by atoms with Crippen LogP contribution < -0.4 is 4.90 Å². The number of para-hydroxylation sites is 1. The Balaban J connectivity index is 2.24. The maximum atomic E-state index is 12.8. The van der Waals surface area contributed by atoms with Gasteiger partial charge in [-0.05, 0) is 12.1 Å². The lowest BCUT2D eigenvalue weighted by Gasteiger charge is -2.47. The van der Waals surface area contributed by atoms with Crippen LogP contribution in [0.15, 0.2) is 30.3 Å². The summed E-state index contributed by atoms with van der Waals surface area (Å²) in [6.07, 6.45) is 1.58. The number of ether oxygens (including phenoxy) is 2. The van der Waals surface area contributed by atoms with Gasteiger partial charge in [0.1, 0.15) is 0 Å². The average molecular weight is 376 g/mol. The largest absolute Gasteiger partial charge is 0.469 e. The zero-order valence-electron chi connectivity index (χ0n) is 16.3. The Hall–Kier alpha value is -2.41. The second kappa shape index (κ2) is 9.50. The summed E-state index contributed by atoms with van der Waals surface area (Å²) in [5.74, 6) is -0.757. The molecule has 0 radical (unpaired) electrons. The molecule has 148 valence electrons. The van der Waals surface area contributed by atoms with Gasteiger partial charge in [-0.15, -0.1) is 0 Å². The monoisotopic (exact) mass is 376 g/mol. The highest BCUT2D eigenvalue weighted by atomic mass is 16.6. The molecular weight excluding hydrogens is 348 g/mol. The molecule has 1 heterocycles. The Bertz CT molecular complexity index is 654. The van der Waals surface area contributed by atoms with Crippen LogP contribution >= 0.6 is 0 Å². The van der Waals surface area contributed by atoms with Crippen molar-refractivity contribution in [1.82, 2.24) is 4.90 Å². The van der Waals surface area contributed by atoms with Gasteiger partial charge in [-0.3, -0.25) is 19.3 Å². The number of esters is 2. The maximum Gasteiger partial charge on any atom is 0.306 e. The lowest BCUT2D eigenvalue weighted by atomic mass is 9.96. The van der Waals surface area contributed by atoms with Crippen molar-refractivity contribution in [3.63, 3.8) is 0 Å². The number of nitrogens with zero attached hydrogens (tertiary/aromatic N) is 2. The van der Waals surface area contributed by atoms with Crippen molar-refractivity contribution >= 4 is 23.5 Å². The van der Waals surface area contributed by atoms with E-state index < -0.39 is 11.7 Å². The summed E-state index contributed by atoms with van der Waals surface area (Å²) in [4.78, 5) is 39.8. The minimum absolute atomic E-state index is 0.0922. The van der Waals surface area contributed by atoms with E-state index in [4.69, 9.17) is 4.74 Å². The second-order valence-electron chi connectivity index (χ2n) is 6.63. The summed E-state index contributed by atoms with van der Waals surface area (Å²) in [6, 6.07) is 9.30. The highest BCUT2D eigenvalue weighted by molar-refractivity contribution is 5.94. The van der Waals surface area contributed by atoms with Crippen LogP contribution in [0.1, 0.15) is 39.5 Å². The van der Waals surface area contributed by atoms with Gasteiger partial charge in [0.15, 0.2) is 5.72 Å². The Morgan fingerprint density at radius 2 is 1.78 bits per heavy atom. The highest BCUT2D eigenvalue weighted by Gasteiger charge is 2.45. The SMILES string of the molecule is CCC(=O)N(c1ccccc1)C1(OC(C)=O)CCN(CCC(=O)OC)CC1. The van der Waals surface area contributed by atoms with E-state index in [1.807, 2.05) is 30.3 Å². The van der Waals surface area contributed by atoms with Crippen LogP contribution in [0, 0.1) is 0 Å². The van der Waals surface area contributed by atoms with Crippen molar-refractivity contribution in [2.24, 2.45) is 0 Å². The first-order valence-corrected chi connectivity index (χ1v) is 9.28. The van der Waals surface area contributed by atoms with E-state index in [0.29, 0.717) is 51.0 Å². The number of carbonyl (C=O) groups is 3. The topological polar surface area (TPSA) is 76.2 Å². The molecule has 7 nitrogen and oxygen atoms in total. The molecule has 0 atom stereocenters. The lowest BCUT2D eigenvalue weighted by Crippen LogP contribution is -2.60. The third kappa shape index (κ3) is 5.29.